The van der Waals surface area contributed by atoms with Crippen molar-refractivity contribution in [3.63, 3.8) is 0 Å². The van der Waals surface area contributed by atoms with Gasteiger partial charge in [-0.2, -0.15) is 0 Å². The van der Waals surface area contributed by atoms with Crippen molar-refractivity contribution in [2.75, 3.05) is 0 Å². The molecule has 106 valence electrons. The highest BCUT2D eigenvalue weighted by Crippen LogP contribution is 2.24. The number of aromatic nitrogens is 1. The molecule has 5 heteroatoms. The van der Waals surface area contributed by atoms with Gasteiger partial charge in [0.05, 0.1) is 11.4 Å². The number of pyridine rings is 1. The molecule has 1 atom stereocenters. The average Bonchev–Trinajstić information content (AvgIpc) is 2.82. The summed E-state index contributed by atoms with van der Waals surface area (Å²) in [4.78, 5) is 19.5. The zero-order valence-corrected chi connectivity index (χ0v) is 12.5. The highest BCUT2D eigenvalue weighted by Gasteiger charge is 2.33. The number of nitrogens with zero attached hydrogens (tertiary/aromatic N) is 1. The molecule has 1 amide bonds. The van der Waals surface area contributed by atoms with Crippen LogP contribution in [0.5, 0.6) is 0 Å². The monoisotopic (exact) mass is 298 g/mol. The third kappa shape index (κ3) is 3.49. The lowest BCUT2D eigenvalue weighted by atomic mass is 10.1. The Labute approximate surface area is 127 Å². The standard InChI is InChI=1S/C16H15N3OS/c1-11-5-7-12(8-6-11)10-13-15(20)19-16(21-13)18-14-4-2-3-9-17-14/h2-9,13H,10H2,1H3,(H,17,18,19,20)/p+1. The summed E-state index contributed by atoms with van der Waals surface area (Å²) in [5.74, 6) is 0.756. The van der Waals surface area contributed by atoms with Crippen molar-refractivity contribution in [3.05, 3.63) is 59.8 Å². The van der Waals surface area contributed by atoms with Crippen molar-refractivity contribution >= 4 is 28.7 Å². The molecule has 0 aliphatic carbocycles. The molecule has 0 spiro atoms. The number of thioether (sulfide) groups is 1. The molecule has 1 aromatic heterocycles. The van der Waals surface area contributed by atoms with Gasteiger partial charge in [-0.15, -0.1) is 0 Å². The number of rotatable bonds is 3. The predicted octanol–water partition coefficient (Wildman–Crippen LogP) is 2.27. The van der Waals surface area contributed by atoms with Crippen molar-refractivity contribution in [3.8, 4) is 0 Å². The predicted molar refractivity (Wildman–Crippen MR) is 84.5 cm³/mol. The van der Waals surface area contributed by atoms with Gasteiger partial charge >= 0.3 is 5.82 Å². The topological polar surface area (TPSA) is 55.6 Å². The maximum atomic E-state index is 12.0. The quantitative estimate of drug-likeness (QED) is 0.945. The third-order valence-electron chi connectivity index (χ3n) is 3.23. The van der Waals surface area contributed by atoms with E-state index in [1.807, 2.05) is 24.4 Å². The summed E-state index contributed by atoms with van der Waals surface area (Å²) in [6, 6.07) is 14.0. The second kappa shape index (κ2) is 6.10. The van der Waals surface area contributed by atoms with Gasteiger partial charge in [-0.1, -0.05) is 35.9 Å². The van der Waals surface area contributed by atoms with Crippen LogP contribution >= 0.6 is 11.8 Å². The second-order valence-corrected chi connectivity index (χ2v) is 6.14. The van der Waals surface area contributed by atoms with Gasteiger partial charge in [-0.05, 0) is 41.7 Å². The first-order chi connectivity index (χ1) is 10.2. The molecule has 1 saturated heterocycles. The van der Waals surface area contributed by atoms with E-state index in [1.54, 1.807) is 0 Å². The van der Waals surface area contributed by atoms with Crippen LogP contribution in [-0.4, -0.2) is 16.3 Å². The molecule has 0 radical (unpaired) electrons. The van der Waals surface area contributed by atoms with E-state index >= 15 is 0 Å². The molecule has 2 heterocycles. The fourth-order valence-corrected chi connectivity index (χ4v) is 3.12. The first-order valence-corrected chi connectivity index (χ1v) is 7.67. The Morgan fingerprint density at radius 3 is 2.76 bits per heavy atom. The maximum absolute atomic E-state index is 12.0. The summed E-state index contributed by atoms with van der Waals surface area (Å²) >= 11 is 1.48. The summed E-state index contributed by atoms with van der Waals surface area (Å²) in [6.07, 6.45) is 2.53. The van der Waals surface area contributed by atoms with Crippen molar-refractivity contribution in [2.45, 2.75) is 18.6 Å². The highest BCUT2D eigenvalue weighted by atomic mass is 32.2. The van der Waals surface area contributed by atoms with E-state index in [0.29, 0.717) is 11.6 Å². The normalized spacial score (nSPS) is 19.8. The summed E-state index contributed by atoms with van der Waals surface area (Å²) < 4.78 is 0. The van der Waals surface area contributed by atoms with E-state index in [1.165, 1.54) is 22.9 Å². The van der Waals surface area contributed by atoms with Crippen LogP contribution in [0.15, 0.2) is 53.7 Å². The molecule has 0 saturated carbocycles. The highest BCUT2D eigenvalue weighted by molar-refractivity contribution is 8.15. The van der Waals surface area contributed by atoms with E-state index < -0.39 is 0 Å². The van der Waals surface area contributed by atoms with Crippen LogP contribution in [0.1, 0.15) is 11.1 Å². The molecule has 4 nitrogen and oxygen atoms in total. The smallest absolute Gasteiger partial charge is 0.283 e. The SMILES string of the molecule is Cc1ccc(CC2S/C(=N\c3cccc[nH+]3)NC2=O)cc1. The molecule has 1 fully saturated rings. The molecule has 1 aliphatic heterocycles. The number of aryl methyl sites for hydroxylation is 1. The van der Waals surface area contributed by atoms with Gasteiger partial charge in [-0.25, -0.2) is 4.98 Å². The van der Waals surface area contributed by atoms with Gasteiger partial charge in [0.1, 0.15) is 0 Å². The van der Waals surface area contributed by atoms with Crippen molar-refractivity contribution < 1.29 is 9.78 Å². The number of nitrogens with one attached hydrogen (secondary N) is 2. The van der Waals surface area contributed by atoms with E-state index in [2.05, 4.69) is 46.5 Å². The van der Waals surface area contributed by atoms with Crippen molar-refractivity contribution in [1.29, 1.82) is 0 Å². The largest absolute Gasteiger partial charge is 0.324 e. The third-order valence-corrected chi connectivity index (χ3v) is 4.31. The number of hydrogen-bond acceptors (Lipinski definition) is 3. The van der Waals surface area contributed by atoms with Gasteiger partial charge in [-0.3, -0.25) is 10.1 Å². The van der Waals surface area contributed by atoms with Gasteiger partial charge in [0.2, 0.25) is 5.91 Å². The number of hydrogen-bond donors (Lipinski definition) is 1. The van der Waals surface area contributed by atoms with Crippen LogP contribution in [0, 0.1) is 6.92 Å². The molecule has 2 aromatic rings. The van der Waals surface area contributed by atoms with Gasteiger partial charge in [0, 0.05) is 6.07 Å². The van der Waals surface area contributed by atoms with Crippen molar-refractivity contribution in [1.82, 2.24) is 5.32 Å². The van der Waals surface area contributed by atoms with E-state index in [-0.39, 0.29) is 11.2 Å². The van der Waals surface area contributed by atoms with E-state index in [4.69, 9.17) is 0 Å². The minimum absolute atomic E-state index is 0.0234. The lowest BCUT2D eigenvalue weighted by Gasteiger charge is -2.05. The molecule has 3 rings (SSSR count). The fraction of sp³-hybridized carbons (Fsp3) is 0.188. The lowest BCUT2D eigenvalue weighted by Crippen LogP contribution is -2.26. The van der Waals surface area contributed by atoms with E-state index in [9.17, 15) is 4.79 Å². The molecular weight excluding hydrogens is 282 g/mol. The molecular formula is C16H16N3OS+. The molecule has 0 bridgehead atoms. The van der Waals surface area contributed by atoms with Crippen LogP contribution in [0.25, 0.3) is 0 Å². The number of carbonyl (C=O) groups excluding carboxylic acids is 1. The number of aromatic amines is 1. The van der Waals surface area contributed by atoms with Crippen LogP contribution in [-0.2, 0) is 11.2 Å². The number of aliphatic imine (C=N–C) groups is 1. The summed E-state index contributed by atoms with van der Waals surface area (Å²) in [5, 5.41) is 3.37. The average molecular weight is 298 g/mol. The van der Waals surface area contributed by atoms with Gasteiger partial charge < -0.3 is 0 Å². The lowest BCUT2D eigenvalue weighted by molar-refractivity contribution is -0.362. The molecule has 2 N–H and O–H groups in total. The Morgan fingerprint density at radius 2 is 2.05 bits per heavy atom. The molecule has 1 aliphatic rings. The number of H-pyrrole nitrogens is 1. The fourth-order valence-electron chi connectivity index (χ4n) is 2.09. The molecule has 1 aromatic carbocycles. The van der Waals surface area contributed by atoms with Gasteiger partial charge in [0.15, 0.2) is 0 Å². The number of amidine groups is 1. The summed E-state index contributed by atoms with van der Waals surface area (Å²) in [6.45, 7) is 2.06. The molecule has 1 unspecified atom stereocenters. The summed E-state index contributed by atoms with van der Waals surface area (Å²) in [7, 11) is 0. The number of benzene rings is 1. The van der Waals surface area contributed by atoms with Crippen LogP contribution in [0.2, 0.25) is 0 Å². The van der Waals surface area contributed by atoms with Crippen LogP contribution in [0.3, 0.4) is 0 Å². The van der Waals surface area contributed by atoms with Gasteiger partial charge in [0.25, 0.3) is 5.17 Å². The maximum Gasteiger partial charge on any atom is 0.324 e. The number of carbonyl (C=O) groups is 1. The van der Waals surface area contributed by atoms with Crippen LogP contribution in [0.4, 0.5) is 5.82 Å². The Morgan fingerprint density at radius 1 is 1.24 bits per heavy atom. The number of amides is 1. The first kappa shape index (κ1) is 13.8. The Bertz CT molecular complexity index is 668. The van der Waals surface area contributed by atoms with Crippen LogP contribution < -0.4 is 10.3 Å². The minimum atomic E-state index is -0.116. The second-order valence-electron chi connectivity index (χ2n) is 4.95. The van der Waals surface area contributed by atoms with E-state index in [0.717, 1.165) is 5.82 Å². The zero-order chi connectivity index (χ0) is 14.7. The summed E-state index contributed by atoms with van der Waals surface area (Å²) in [5.41, 5.74) is 2.39. The molecule has 21 heavy (non-hydrogen) atoms. The Balaban J connectivity index is 1.70. The Kier molecular flexibility index (Phi) is 4.01. The minimum Gasteiger partial charge on any atom is -0.283 e. The van der Waals surface area contributed by atoms with Crippen molar-refractivity contribution in [2.24, 2.45) is 4.99 Å². The Hall–Kier alpha value is -2.14. The zero-order valence-electron chi connectivity index (χ0n) is 11.7. The first-order valence-electron chi connectivity index (χ1n) is 6.79.